The van der Waals surface area contributed by atoms with E-state index in [9.17, 15) is 24.6 Å². The number of amides is 3. The van der Waals surface area contributed by atoms with Crippen LogP contribution in [0.3, 0.4) is 0 Å². The molecule has 0 spiro atoms. The van der Waals surface area contributed by atoms with Gasteiger partial charge in [-0.1, -0.05) is 88.3 Å². The topological polar surface area (TPSA) is 123 Å². The van der Waals surface area contributed by atoms with Gasteiger partial charge in [-0.05, 0) is 48.3 Å². The Kier molecular flexibility index (Phi) is 16.4. The number of aliphatic hydroxyl groups excluding tert-OH is 2. The van der Waals surface area contributed by atoms with E-state index in [1.54, 1.807) is 23.0 Å². The van der Waals surface area contributed by atoms with Crippen LogP contribution >= 0.6 is 0 Å². The first-order chi connectivity index (χ1) is 22.6. The van der Waals surface area contributed by atoms with Gasteiger partial charge in [0, 0.05) is 64.3 Å². The first kappa shape index (κ1) is 37.7. The lowest BCUT2D eigenvalue weighted by Gasteiger charge is -2.32. The van der Waals surface area contributed by atoms with Crippen LogP contribution in [-0.4, -0.2) is 81.1 Å². The number of hydrogen-bond acceptors (Lipinski definition) is 6. The van der Waals surface area contributed by atoms with Crippen LogP contribution in [0.15, 0.2) is 54.7 Å². The van der Waals surface area contributed by atoms with Crippen LogP contribution in [0.4, 0.5) is 0 Å². The van der Waals surface area contributed by atoms with Gasteiger partial charge < -0.3 is 25.3 Å². The number of hydrogen-bond donors (Lipinski definition) is 3. The summed E-state index contributed by atoms with van der Waals surface area (Å²) in [7, 11) is 1.74. The van der Waals surface area contributed by atoms with Gasteiger partial charge in [0.25, 0.3) is 5.91 Å². The van der Waals surface area contributed by atoms with E-state index >= 15 is 0 Å². The fourth-order valence-corrected chi connectivity index (χ4v) is 6.11. The average molecular weight is 647 g/mol. The highest BCUT2D eigenvalue weighted by Crippen LogP contribution is 2.29. The molecule has 3 N–H and O–H groups in total. The summed E-state index contributed by atoms with van der Waals surface area (Å²) in [4.78, 5) is 46.6. The van der Waals surface area contributed by atoms with E-state index < -0.39 is 24.2 Å². The monoisotopic (exact) mass is 646 g/mol. The second-order valence-electron chi connectivity index (χ2n) is 13.2. The van der Waals surface area contributed by atoms with Gasteiger partial charge >= 0.3 is 0 Å². The molecule has 0 saturated heterocycles. The minimum Gasteiger partial charge on any atom is -0.390 e. The van der Waals surface area contributed by atoms with Crippen LogP contribution in [0, 0.1) is 23.7 Å². The van der Waals surface area contributed by atoms with Gasteiger partial charge in [-0.2, -0.15) is 0 Å². The average Bonchev–Trinajstić information content (AvgIpc) is 3.07. The Morgan fingerprint density at radius 2 is 1.66 bits per heavy atom. The highest BCUT2D eigenvalue weighted by molar-refractivity contribution is 5.93. The summed E-state index contributed by atoms with van der Waals surface area (Å²) in [5.74, 6) is 5.39. The van der Waals surface area contributed by atoms with Crippen molar-refractivity contribution in [2.75, 3.05) is 20.1 Å². The van der Waals surface area contributed by atoms with Gasteiger partial charge in [-0.15, -0.1) is 0 Å². The lowest BCUT2D eigenvalue weighted by atomic mass is 9.82. The summed E-state index contributed by atoms with van der Waals surface area (Å²) >= 11 is 0. The van der Waals surface area contributed by atoms with Crippen molar-refractivity contribution in [3.63, 3.8) is 0 Å². The molecule has 1 aliphatic carbocycles. The molecule has 0 radical (unpaired) electrons. The van der Waals surface area contributed by atoms with Gasteiger partial charge in [-0.25, -0.2) is 0 Å². The van der Waals surface area contributed by atoms with Crippen LogP contribution in [0.1, 0.15) is 89.3 Å². The van der Waals surface area contributed by atoms with E-state index in [2.05, 4.69) is 22.1 Å². The van der Waals surface area contributed by atoms with Crippen molar-refractivity contribution in [1.29, 1.82) is 0 Å². The zero-order chi connectivity index (χ0) is 34.0. The lowest BCUT2D eigenvalue weighted by molar-refractivity contribution is -0.136. The fraction of sp³-hybridized carbons (Fsp3) is 0.579. The molecule has 1 aromatic heterocycles. The van der Waals surface area contributed by atoms with Crippen molar-refractivity contribution in [1.82, 2.24) is 20.1 Å². The predicted molar refractivity (Wildman–Crippen MR) is 184 cm³/mol. The number of nitrogens with one attached hydrogen (secondary N) is 1. The predicted octanol–water partition coefficient (Wildman–Crippen LogP) is 4.51. The Morgan fingerprint density at radius 1 is 0.957 bits per heavy atom. The number of carbonyl (C=O) groups is 3. The van der Waals surface area contributed by atoms with Crippen molar-refractivity contribution >= 4 is 17.7 Å². The van der Waals surface area contributed by atoms with Crippen LogP contribution in [0.25, 0.3) is 0 Å². The first-order valence-corrected chi connectivity index (χ1v) is 17.2. The number of pyridine rings is 1. The molecule has 0 bridgehead atoms. The van der Waals surface area contributed by atoms with Gasteiger partial charge in [-0.3, -0.25) is 19.4 Å². The zero-order valence-electron chi connectivity index (χ0n) is 28.4. The molecule has 3 atom stereocenters. The molecule has 1 heterocycles. The first-order valence-electron chi connectivity index (χ1n) is 17.2. The van der Waals surface area contributed by atoms with Crippen molar-refractivity contribution in [2.45, 2.75) is 109 Å². The molecule has 9 nitrogen and oxygen atoms in total. The number of aliphatic hydroxyl groups is 2. The van der Waals surface area contributed by atoms with Crippen LogP contribution in [-0.2, 0) is 27.3 Å². The smallest absolute Gasteiger partial charge is 0.296 e. The van der Waals surface area contributed by atoms with Gasteiger partial charge in [0.15, 0.2) is 0 Å². The molecule has 256 valence electrons. The van der Waals surface area contributed by atoms with Crippen molar-refractivity contribution in [2.24, 2.45) is 11.8 Å². The molecule has 1 saturated carbocycles. The van der Waals surface area contributed by atoms with E-state index in [0.717, 1.165) is 36.9 Å². The summed E-state index contributed by atoms with van der Waals surface area (Å²) in [5, 5.41) is 24.5. The molecular formula is C38H54N4O5. The van der Waals surface area contributed by atoms with Crippen molar-refractivity contribution < 1.29 is 24.6 Å². The molecule has 0 aliphatic heterocycles. The molecule has 1 aromatic carbocycles. The molecule has 9 heteroatoms. The van der Waals surface area contributed by atoms with Gasteiger partial charge in [0.1, 0.15) is 6.10 Å². The second-order valence-corrected chi connectivity index (χ2v) is 13.2. The third-order valence-electron chi connectivity index (χ3n) is 8.83. The highest BCUT2D eigenvalue weighted by atomic mass is 16.3. The van der Waals surface area contributed by atoms with E-state index in [1.165, 1.54) is 6.42 Å². The Balaban J connectivity index is 1.56. The second kappa shape index (κ2) is 20.5. The van der Waals surface area contributed by atoms with Crippen LogP contribution < -0.4 is 5.32 Å². The number of aromatic nitrogens is 1. The van der Waals surface area contributed by atoms with Crippen LogP contribution in [0.5, 0.6) is 0 Å². The largest absolute Gasteiger partial charge is 0.390 e. The molecule has 2 aromatic rings. The Labute approximate surface area is 281 Å². The van der Waals surface area contributed by atoms with Gasteiger partial charge in [0.05, 0.1) is 12.1 Å². The molecule has 3 rings (SSSR count). The Morgan fingerprint density at radius 3 is 2.34 bits per heavy atom. The molecule has 1 fully saturated rings. The van der Waals surface area contributed by atoms with Crippen molar-refractivity contribution in [3.8, 4) is 11.8 Å². The molecule has 0 unspecified atom stereocenters. The summed E-state index contributed by atoms with van der Waals surface area (Å²) in [5.41, 5.74) is 1.87. The standard InChI is InChI=1S/C38H54N4O5/c1-29(2)26-34(43)38(47)33(27-30-14-6-4-7-15-30)40-35(44)19-11-13-24-42(28-31-16-8-5-9-17-31)37(46)21-20-36(45)41(3)25-22-32-18-10-12-23-39-32/h5,8-10,12,16-18,23,29-30,33-34,38,43,47H,4,6-7,13-15,20-22,24-28H2,1-3H3,(H,40,44)/t33-,34+,38-/m1/s1. The number of rotatable bonds is 17. The number of carbonyl (C=O) groups excluding carboxylic acids is 3. The SMILES string of the molecule is CC(C)C[C@H](O)[C@H](O)[C@@H](CC1CCCCC1)NC(=O)C#CCCN(Cc1ccccc1)C(=O)CCC(=O)N(C)CCc1ccccn1. The van der Waals surface area contributed by atoms with E-state index in [0.29, 0.717) is 44.8 Å². The maximum absolute atomic E-state index is 13.3. The molecule has 47 heavy (non-hydrogen) atoms. The maximum atomic E-state index is 13.3. The number of likely N-dealkylation sites (N-methyl/N-ethyl adjacent to an activating group) is 1. The van der Waals surface area contributed by atoms with Crippen LogP contribution in [0.2, 0.25) is 0 Å². The zero-order valence-corrected chi connectivity index (χ0v) is 28.4. The van der Waals surface area contributed by atoms with Gasteiger partial charge in [0.2, 0.25) is 11.8 Å². The third kappa shape index (κ3) is 14.3. The third-order valence-corrected chi connectivity index (χ3v) is 8.83. The van der Waals surface area contributed by atoms with E-state index in [1.807, 2.05) is 62.4 Å². The molecule has 3 amide bonds. The molecular weight excluding hydrogens is 592 g/mol. The summed E-state index contributed by atoms with van der Waals surface area (Å²) in [6.07, 6.45) is 7.50. The van der Waals surface area contributed by atoms with E-state index in [-0.39, 0.29) is 37.0 Å². The molecule has 1 aliphatic rings. The quantitative estimate of drug-likeness (QED) is 0.218. The number of benzene rings is 1. The Bertz CT molecular complexity index is 1290. The highest BCUT2D eigenvalue weighted by Gasteiger charge is 2.30. The lowest BCUT2D eigenvalue weighted by Crippen LogP contribution is -2.49. The minimum absolute atomic E-state index is 0.0763. The summed E-state index contributed by atoms with van der Waals surface area (Å²) in [6, 6.07) is 14.8. The fourth-order valence-electron chi connectivity index (χ4n) is 6.11. The van der Waals surface area contributed by atoms with E-state index in [4.69, 9.17) is 0 Å². The van der Waals surface area contributed by atoms with Crippen molar-refractivity contribution in [3.05, 3.63) is 66.0 Å². The Hall–Kier alpha value is -3.74. The minimum atomic E-state index is -1.07. The number of nitrogens with zero attached hydrogens (tertiary/aromatic N) is 3. The normalized spacial score (nSPS) is 15.2. The summed E-state index contributed by atoms with van der Waals surface area (Å²) < 4.78 is 0. The maximum Gasteiger partial charge on any atom is 0.296 e. The summed E-state index contributed by atoms with van der Waals surface area (Å²) in [6.45, 7) is 5.18.